The summed E-state index contributed by atoms with van der Waals surface area (Å²) in [5, 5.41) is 14.4. The van der Waals surface area contributed by atoms with Gasteiger partial charge >= 0.3 is 0 Å². The minimum atomic E-state index is -0.433. The van der Waals surface area contributed by atoms with E-state index in [0.717, 1.165) is 0 Å². The predicted molar refractivity (Wildman–Crippen MR) is 68.3 cm³/mol. The van der Waals surface area contributed by atoms with Crippen molar-refractivity contribution in [3.63, 3.8) is 0 Å². The fourth-order valence-electron chi connectivity index (χ4n) is 2.44. The number of carbonyl (C=O) groups is 1. The standard InChI is InChI=1S/C12H23N3O3/c1-5-9(11(13)15-17)14-12(16)10-6(2)7(3)18-8(10)4/h6-10,17H,5H2,1-4H3,(H2,13,15)(H,14,16). The lowest BCUT2D eigenvalue weighted by molar-refractivity contribution is -0.127. The van der Waals surface area contributed by atoms with E-state index in [1.807, 2.05) is 27.7 Å². The number of oxime groups is 1. The van der Waals surface area contributed by atoms with Gasteiger partial charge in [0, 0.05) is 0 Å². The van der Waals surface area contributed by atoms with E-state index in [4.69, 9.17) is 15.7 Å². The van der Waals surface area contributed by atoms with Crippen LogP contribution in [0.2, 0.25) is 0 Å². The molecule has 1 fully saturated rings. The summed E-state index contributed by atoms with van der Waals surface area (Å²) in [5.74, 6) is -0.110. The van der Waals surface area contributed by atoms with Crippen molar-refractivity contribution in [1.29, 1.82) is 0 Å². The molecule has 1 amide bonds. The molecule has 1 rings (SSSR count). The van der Waals surface area contributed by atoms with Crippen molar-refractivity contribution in [3.05, 3.63) is 0 Å². The van der Waals surface area contributed by atoms with Gasteiger partial charge in [-0.15, -0.1) is 0 Å². The van der Waals surface area contributed by atoms with Gasteiger partial charge in [0.2, 0.25) is 5.91 Å². The summed E-state index contributed by atoms with van der Waals surface area (Å²) in [4.78, 5) is 12.2. The quantitative estimate of drug-likeness (QED) is 0.299. The number of nitrogens with two attached hydrogens (primary N) is 1. The smallest absolute Gasteiger partial charge is 0.226 e. The second-order valence-corrected chi connectivity index (χ2v) is 4.93. The molecule has 4 N–H and O–H groups in total. The van der Waals surface area contributed by atoms with Crippen LogP contribution in [0.25, 0.3) is 0 Å². The Morgan fingerprint density at radius 1 is 1.44 bits per heavy atom. The second kappa shape index (κ2) is 6.04. The molecule has 0 aromatic rings. The number of hydrogen-bond acceptors (Lipinski definition) is 4. The molecule has 6 nitrogen and oxygen atoms in total. The number of hydrogen-bond donors (Lipinski definition) is 3. The second-order valence-electron chi connectivity index (χ2n) is 4.93. The maximum absolute atomic E-state index is 12.2. The van der Waals surface area contributed by atoms with Gasteiger partial charge in [-0.05, 0) is 26.2 Å². The van der Waals surface area contributed by atoms with E-state index in [2.05, 4.69) is 10.5 Å². The van der Waals surface area contributed by atoms with Gasteiger partial charge in [-0.3, -0.25) is 4.79 Å². The predicted octanol–water partition coefficient (Wildman–Crippen LogP) is 0.687. The van der Waals surface area contributed by atoms with E-state index in [1.165, 1.54) is 0 Å². The molecule has 5 unspecified atom stereocenters. The molecule has 0 saturated carbocycles. The number of carbonyl (C=O) groups excluding carboxylic acids is 1. The summed E-state index contributed by atoms with van der Waals surface area (Å²) < 4.78 is 5.64. The van der Waals surface area contributed by atoms with E-state index in [9.17, 15) is 4.79 Å². The number of nitrogens with one attached hydrogen (secondary N) is 1. The summed E-state index contributed by atoms with van der Waals surface area (Å²) in [5.41, 5.74) is 5.53. The summed E-state index contributed by atoms with van der Waals surface area (Å²) >= 11 is 0. The van der Waals surface area contributed by atoms with Gasteiger partial charge in [0.1, 0.15) is 0 Å². The zero-order valence-electron chi connectivity index (χ0n) is 11.4. The molecule has 0 aromatic heterocycles. The topological polar surface area (TPSA) is 96.9 Å². The molecule has 0 spiro atoms. The first-order valence-electron chi connectivity index (χ1n) is 6.35. The van der Waals surface area contributed by atoms with Gasteiger partial charge in [-0.2, -0.15) is 0 Å². The van der Waals surface area contributed by atoms with Crippen LogP contribution < -0.4 is 11.1 Å². The Morgan fingerprint density at radius 3 is 2.44 bits per heavy atom. The van der Waals surface area contributed by atoms with Crippen molar-refractivity contribution in [2.75, 3.05) is 0 Å². The fraction of sp³-hybridized carbons (Fsp3) is 0.833. The van der Waals surface area contributed by atoms with E-state index in [1.54, 1.807) is 0 Å². The molecule has 1 aliphatic heterocycles. The van der Waals surface area contributed by atoms with Gasteiger partial charge in [0.15, 0.2) is 5.84 Å². The zero-order chi connectivity index (χ0) is 13.9. The first-order chi connectivity index (χ1) is 8.42. The maximum atomic E-state index is 12.2. The van der Waals surface area contributed by atoms with Gasteiger partial charge in [0.25, 0.3) is 0 Å². The van der Waals surface area contributed by atoms with Crippen molar-refractivity contribution >= 4 is 11.7 Å². The fourth-order valence-corrected chi connectivity index (χ4v) is 2.44. The highest BCUT2D eigenvalue weighted by Crippen LogP contribution is 2.32. The van der Waals surface area contributed by atoms with E-state index in [-0.39, 0.29) is 35.8 Å². The van der Waals surface area contributed by atoms with E-state index >= 15 is 0 Å². The third-order valence-corrected chi connectivity index (χ3v) is 3.74. The van der Waals surface area contributed by atoms with Crippen molar-refractivity contribution in [1.82, 2.24) is 5.32 Å². The van der Waals surface area contributed by atoms with Gasteiger partial charge in [-0.25, -0.2) is 0 Å². The van der Waals surface area contributed by atoms with Crippen LogP contribution in [-0.2, 0) is 9.53 Å². The highest BCUT2D eigenvalue weighted by Gasteiger charge is 2.42. The van der Waals surface area contributed by atoms with Gasteiger partial charge < -0.3 is 21.0 Å². The van der Waals surface area contributed by atoms with Crippen LogP contribution in [0.1, 0.15) is 34.1 Å². The number of rotatable bonds is 4. The van der Waals surface area contributed by atoms with Crippen molar-refractivity contribution in [3.8, 4) is 0 Å². The van der Waals surface area contributed by atoms with Crippen molar-refractivity contribution < 1.29 is 14.7 Å². The molecule has 0 bridgehead atoms. The highest BCUT2D eigenvalue weighted by atomic mass is 16.5. The van der Waals surface area contributed by atoms with Crippen molar-refractivity contribution in [2.24, 2.45) is 22.7 Å². The van der Waals surface area contributed by atoms with Crippen LogP contribution in [0.15, 0.2) is 5.16 Å². The molecule has 0 radical (unpaired) electrons. The molecule has 1 saturated heterocycles. The Hall–Kier alpha value is -1.30. The van der Waals surface area contributed by atoms with Crippen LogP contribution in [0.5, 0.6) is 0 Å². The van der Waals surface area contributed by atoms with Crippen LogP contribution in [0, 0.1) is 11.8 Å². The molecule has 1 aliphatic rings. The van der Waals surface area contributed by atoms with E-state index in [0.29, 0.717) is 6.42 Å². The van der Waals surface area contributed by atoms with Crippen LogP contribution >= 0.6 is 0 Å². The number of amidine groups is 1. The lowest BCUT2D eigenvalue weighted by Gasteiger charge is -2.22. The number of ether oxygens (including phenoxy) is 1. The average Bonchev–Trinajstić information content (AvgIpc) is 2.59. The molecule has 104 valence electrons. The molecule has 0 aromatic carbocycles. The van der Waals surface area contributed by atoms with E-state index < -0.39 is 6.04 Å². The Bertz CT molecular complexity index is 333. The summed E-state index contributed by atoms with van der Waals surface area (Å²) in [6.45, 7) is 7.73. The molecule has 6 heteroatoms. The Balaban J connectivity index is 2.70. The molecular weight excluding hydrogens is 234 g/mol. The highest BCUT2D eigenvalue weighted by molar-refractivity contribution is 5.90. The van der Waals surface area contributed by atoms with Gasteiger partial charge in [0.05, 0.1) is 24.2 Å². The lowest BCUT2D eigenvalue weighted by atomic mass is 9.88. The SMILES string of the molecule is CCC(NC(=O)C1C(C)OC(C)C1C)C(N)=NO. The molecule has 1 heterocycles. The minimum absolute atomic E-state index is 0.0260. The minimum Gasteiger partial charge on any atom is -0.409 e. The summed E-state index contributed by atoms with van der Waals surface area (Å²) in [7, 11) is 0. The summed E-state index contributed by atoms with van der Waals surface area (Å²) in [6.07, 6.45) is 0.535. The van der Waals surface area contributed by atoms with Crippen LogP contribution in [0.4, 0.5) is 0 Å². The third-order valence-electron chi connectivity index (χ3n) is 3.74. The van der Waals surface area contributed by atoms with Crippen LogP contribution in [0.3, 0.4) is 0 Å². The average molecular weight is 257 g/mol. The summed E-state index contributed by atoms with van der Waals surface area (Å²) in [6, 6.07) is -0.433. The lowest BCUT2D eigenvalue weighted by Crippen LogP contribution is -2.48. The Morgan fingerprint density at radius 2 is 2.06 bits per heavy atom. The monoisotopic (exact) mass is 257 g/mol. The number of amides is 1. The first kappa shape index (κ1) is 14.8. The Kier molecular flexibility index (Phi) is 4.95. The molecular formula is C12H23N3O3. The Labute approximate surface area is 108 Å². The largest absolute Gasteiger partial charge is 0.409 e. The third kappa shape index (κ3) is 2.93. The molecule has 18 heavy (non-hydrogen) atoms. The van der Waals surface area contributed by atoms with Crippen molar-refractivity contribution in [2.45, 2.75) is 52.4 Å². The molecule has 5 atom stereocenters. The normalized spacial score (nSPS) is 34.3. The maximum Gasteiger partial charge on any atom is 0.226 e. The molecule has 0 aliphatic carbocycles. The zero-order valence-corrected chi connectivity index (χ0v) is 11.4. The first-order valence-corrected chi connectivity index (χ1v) is 6.35. The number of nitrogens with zero attached hydrogens (tertiary/aromatic N) is 1. The van der Waals surface area contributed by atoms with Gasteiger partial charge in [-0.1, -0.05) is 19.0 Å². The van der Waals surface area contributed by atoms with Crippen LogP contribution in [-0.4, -0.2) is 35.2 Å².